The van der Waals surface area contributed by atoms with Crippen LogP contribution in [0.3, 0.4) is 0 Å². The van der Waals surface area contributed by atoms with Crippen LogP contribution in [0.1, 0.15) is 38.3 Å². The van der Waals surface area contributed by atoms with Crippen molar-refractivity contribution in [2.45, 2.75) is 31.8 Å². The van der Waals surface area contributed by atoms with Gasteiger partial charge in [0.15, 0.2) is 5.96 Å². The predicted octanol–water partition coefficient (Wildman–Crippen LogP) is 3.21. The number of nitrogens with two attached hydrogens (primary N) is 2. The minimum absolute atomic E-state index is 0.102. The largest absolute Gasteiger partial charge is 0.490 e. The van der Waals surface area contributed by atoms with Gasteiger partial charge in [-0.2, -0.15) is 13.2 Å². The van der Waals surface area contributed by atoms with Gasteiger partial charge in [-0.25, -0.2) is 29.0 Å². The van der Waals surface area contributed by atoms with Gasteiger partial charge in [0.05, 0.1) is 23.2 Å². The first-order chi connectivity index (χ1) is 22.9. The van der Waals surface area contributed by atoms with E-state index in [9.17, 15) is 52.5 Å². The van der Waals surface area contributed by atoms with Gasteiger partial charge in [0.25, 0.3) is 0 Å². The average Bonchev–Trinajstić information content (AvgIpc) is 3.02. The third kappa shape index (κ3) is 12.9. The van der Waals surface area contributed by atoms with E-state index in [0.717, 1.165) is 0 Å². The minimum Gasteiger partial charge on any atom is -0.481 e. The lowest BCUT2D eigenvalue weighted by Crippen LogP contribution is -2.46. The van der Waals surface area contributed by atoms with Crippen molar-refractivity contribution in [3.63, 3.8) is 0 Å². The summed E-state index contributed by atoms with van der Waals surface area (Å²) in [5.74, 6) is -7.62. The lowest BCUT2D eigenvalue weighted by molar-refractivity contribution is -0.192. The highest BCUT2D eigenvalue weighted by molar-refractivity contribution is 5.91. The Hall–Kier alpha value is -6.66. The number of carboxylic acid groups (broad SMARTS) is 4. The summed E-state index contributed by atoms with van der Waals surface area (Å²) in [6, 6.07) is 15.6. The number of carboxylic acids is 4. The lowest BCUT2D eigenvalue weighted by Gasteiger charge is -2.27. The van der Waals surface area contributed by atoms with E-state index >= 15 is 0 Å². The number of hydrogen-bond donors (Lipinski definition) is 6. The molecule has 0 aliphatic heterocycles. The molecule has 1 amide bonds. The van der Waals surface area contributed by atoms with Crippen LogP contribution in [0.4, 0.5) is 23.7 Å². The zero-order valence-electron chi connectivity index (χ0n) is 24.9. The summed E-state index contributed by atoms with van der Waals surface area (Å²) < 4.78 is 42.3. The molecule has 0 bridgehead atoms. The maximum absolute atomic E-state index is 13.0. The second-order valence-electron chi connectivity index (χ2n) is 9.56. The smallest absolute Gasteiger partial charge is 0.481 e. The molecule has 0 radical (unpaired) electrons. The van der Waals surface area contributed by atoms with Crippen LogP contribution in [-0.2, 0) is 32.3 Å². The number of guanidine groups is 1. The molecule has 8 N–H and O–H groups in total. The van der Waals surface area contributed by atoms with Crippen molar-refractivity contribution < 1.29 is 71.8 Å². The number of benzene rings is 3. The highest BCUT2D eigenvalue weighted by Gasteiger charge is 2.38. The van der Waals surface area contributed by atoms with Crippen molar-refractivity contribution in [2.75, 3.05) is 0 Å². The average molecular weight is 693 g/mol. The van der Waals surface area contributed by atoms with E-state index in [4.69, 9.17) is 30.8 Å². The number of halogens is 3. The van der Waals surface area contributed by atoms with Crippen LogP contribution < -0.4 is 16.2 Å². The molecule has 3 aromatic rings. The molecule has 3 rings (SSSR count). The Balaban J connectivity index is 0.00000107. The maximum Gasteiger partial charge on any atom is 0.490 e. The number of aromatic carboxylic acids is 1. The molecule has 0 heterocycles. The minimum atomic E-state index is -5.08. The summed E-state index contributed by atoms with van der Waals surface area (Å²) in [6.07, 6.45) is -7.14. The summed E-state index contributed by atoms with van der Waals surface area (Å²) in [7, 11) is 0. The molecular formula is C30H27F3N4O12. The summed E-state index contributed by atoms with van der Waals surface area (Å²) >= 11 is 0. The van der Waals surface area contributed by atoms with Gasteiger partial charge < -0.3 is 41.4 Å². The highest BCUT2D eigenvalue weighted by Crippen LogP contribution is 2.19. The Morgan fingerprint density at radius 2 is 1.41 bits per heavy atom. The molecule has 0 saturated carbocycles. The fraction of sp³-hybridized carbons (Fsp3) is 0.167. The number of aliphatic carboxylic acids is 3. The maximum atomic E-state index is 13.0. The number of carbonyl (C=O) groups is 6. The molecule has 49 heavy (non-hydrogen) atoms. The normalized spacial score (nSPS) is 11.1. The van der Waals surface area contributed by atoms with Gasteiger partial charge in [-0.05, 0) is 59.7 Å². The molecule has 16 nitrogen and oxygen atoms in total. The second kappa shape index (κ2) is 17.3. The van der Waals surface area contributed by atoms with Gasteiger partial charge in [0.2, 0.25) is 0 Å². The molecular weight excluding hydrogens is 665 g/mol. The third-order valence-corrected chi connectivity index (χ3v) is 5.89. The molecule has 0 spiro atoms. The summed E-state index contributed by atoms with van der Waals surface area (Å²) in [5, 5.41) is 35.2. The highest BCUT2D eigenvalue weighted by atomic mass is 19.4. The predicted molar refractivity (Wildman–Crippen MR) is 160 cm³/mol. The Morgan fingerprint density at radius 1 is 0.816 bits per heavy atom. The summed E-state index contributed by atoms with van der Waals surface area (Å²) in [5.41, 5.74) is 11.9. The Morgan fingerprint density at radius 3 is 1.90 bits per heavy atom. The molecule has 0 saturated heterocycles. The van der Waals surface area contributed by atoms with Crippen LogP contribution in [0.2, 0.25) is 0 Å². The van der Waals surface area contributed by atoms with Crippen molar-refractivity contribution in [3.05, 3.63) is 95.1 Å². The molecule has 0 aliphatic carbocycles. The molecule has 0 aromatic heterocycles. The van der Waals surface area contributed by atoms with Crippen molar-refractivity contribution in [2.24, 2.45) is 16.5 Å². The quantitative estimate of drug-likeness (QED) is 0.0689. The van der Waals surface area contributed by atoms with E-state index in [1.165, 1.54) is 72.8 Å². The molecule has 0 fully saturated rings. The Bertz CT molecular complexity index is 1710. The fourth-order valence-corrected chi connectivity index (χ4v) is 3.67. The van der Waals surface area contributed by atoms with Crippen LogP contribution in [0.25, 0.3) is 0 Å². The number of nitrogens with zero attached hydrogens (tertiary/aromatic N) is 2. The molecule has 0 aliphatic rings. The van der Waals surface area contributed by atoms with Gasteiger partial charge in [-0.15, -0.1) is 0 Å². The van der Waals surface area contributed by atoms with Crippen molar-refractivity contribution in [1.29, 1.82) is 0 Å². The molecule has 0 unspecified atom stereocenters. The van der Waals surface area contributed by atoms with Crippen LogP contribution in [-0.4, -0.2) is 79.4 Å². The van der Waals surface area contributed by atoms with Gasteiger partial charge in [0.1, 0.15) is 18.4 Å². The van der Waals surface area contributed by atoms with Crippen molar-refractivity contribution in [1.82, 2.24) is 4.90 Å². The van der Waals surface area contributed by atoms with Gasteiger partial charge in [-0.3, -0.25) is 9.69 Å². The van der Waals surface area contributed by atoms with E-state index in [0.29, 0.717) is 16.2 Å². The number of amides is 1. The number of ether oxygens (including phenoxy) is 2. The Labute approximate surface area is 273 Å². The fourth-order valence-electron chi connectivity index (χ4n) is 3.67. The molecule has 260 valence electrons. The number of rotatable bonds is 12. The van der Waals surface area contributed by atoms with E-state index in [1.54, 1.807) is 0 Å². The first kappa shape index (κ1) is 38.5. The van der Waals surface area contributed by atoms with Crippen LogP contribution in [0.5, 0.6) is 5.75 Å². The monoisotopic (exact) mass is 692 g/mol. The second-order valence-corrected chi connectivity index (χ2v) is 9.56. The summed E-state index contributed by atoms with van der Waals surface area (Å²) in [6.45, 7) is -0.754. The van der Waals surface area contributed by atoms with Crippen LogP contribution >= 0.6 is 0 Å². The third-order valence-electron chi connectivity index (χ3n) is 5.89. The van der Waals surface area contributed by atoms with E-state index < -0.39 is 61.1 Å². The number of alkyl halides is 3. The van der Waals surface area contributed by atoms with E-state index in [1.807, 2.05) is 0 Å². The van der Waals surface area contributed by atoms with Crippen molar-refractivity contribution >= 4 is 47.6 Å². The molecule has 3 aromatic carbocycles. The lowest BCUT2D eigenvalue weighted by atomic mass is 10.1. The van der Waals surface area contributed by atoms with Crippen LogP contribution in [0.15, 0.2) is 77.8 Å². The zero-order valence-corrected chi connectivity index (χ0v) is 24.9. The van der Waals surface area contributed by atoms with Gasteiger partial charge in [-0.1, -0.05) is 24.3 Å². The molecule has 1 atom stereocenters. The molecule has 19 heteroatoms. The Kier molecular flexibility index (Phi) is 13.6. The SMILES string of the molecule is NC(N)=Nc1ccc(C(=O)Oc2ccc(COC(=O)N(Cc3cccc(C(=O)O)c3)[C@@H](CC(=O)O)C(=O)O)cc2)cc1.O=C(O)C(F)(F)F. The van der Waals surface area contributed by atoms with Gasteiger partial charge in [0, 0.05) is 6.54 Å². The summed E-state index contributed by atoms with van der Waals surface area (Å²) in [4.78, 5) is 73.3. The topological polar surface area (TPSA) is 269 Å². The number of hydrogen-bond acceptors (Lipinski definition) is 9. The number of carbonyl (C=O) groups excluding carboxylic acids is 2. The number of aliphatic imine (C=N–C) groups is 1. The van der Waals surface area contributed by atoms with Crippen molar-refractivity contribution in [3.8, 4) is 5.75 Å². The van der Waals surface area contributed by atoms with E-state index in [-0.39, 0.29) is 35.0 Å². The first-order valence-electron chi connectivity index (χ1n) is 13.4. The van der Waals surface area contributed by atoms with E-state index in [2.05, 4.69) is 4.99 Å². The first-order valence-corrected chi connectivity index (χ1v) is 13.4. The number of esters is 1. The standard InChI is InChI=1S/C28H26N4O10.C2HF3O2/c29-27(30)31-20-8-6-18(7-9-20)26(39)42-21-10-4-16(5-11-21)15-41-28(40)32(22(25(37)38)13-23(33)34)14-17-2-1-3-19(12-17)24(35)36;3-2(4,5)1(6)7/h1-12,22H,13-15H2,(H,33,34)(H,35,36)(H,37,38)(H4,29,30,31);(H,6,7)/t22-;/m0./s1. The van der Waals surface area contributed by atoms with Gasteiger partial charge >= 0.3 is 42.1 Å². The van der Waals surface area contributed by atoms with Crippen LogP contribution in [0, 0.1) is 0 Å². The zero-order chi connectivity index (χ0) is 36.9.